The summed E-state index contributed by atoms with van der Waals surface area (Å²) in [5.41, 5.74) is 1.16. The van der Waals surface area contributed by atoms with Gasteiger partial charge in [-0.2, -0.15) is 4.31 Å². The molecule has 0 amide bonds. The highest BCUT2D eigenvalue weighted by molar-refractivity contribution is 7.89. The molecule has 0 aliphatic carbocycles. The molecule has 1 aromatic rings. The molecule has 118 valence electrons. The number of aryl methyl sites for hydroxylation is 1. The van der Waals surface area contributed by atoms with Crippen molar-refractivity contribution in [3.8, 4) is 0 Å². The number of rotatable bonds is 6. The minimum Gasteiger partial charge on any atom is -0.313 e. The van der Waals surface area contributed by atoms with Gasteiger partial charge in [-0.15, -0.1) is 0 Å². The molecule has 0 aromatic heterocycles. The lowest BCUT2D eigenvalue weighted by Gasteiger charge is -2.28. The van der Waals surface area contributed by atoms with Gasteiger partial charge in [0.2, 0.25) is 10.0 Å². The quantitative estimate of drug-likeness (QED) is 0.878. The maximum atomic E-state index is 12.9. The summed E-state index contributed by atoms with van der Waals surface area (Å²) in [7, 11) is -3.42. The van der Waals surface area contributed by atoms with Crippen LogP contribution in [-0.2, 0) is 16.4 Å². The fraction of sp³-hybridized carbons (Fsp3) is 0.625. The van der Waals surface area contributed by atoms with Gasteiger partial charge in [-0.25, -0.2) is 8.42 Å². The highest BCUT2D eigenvalue weighted by Gasteiger charge is 2.30. The number of hydrogen-bond acceptors (Lipinski definition) is 3. The van der Waals surface area contributed by atoms with Gasteiger partial charge in [0.25, 0.3) is 0 Å². The summed E-state index contributed by atoms with van der Waals surface area (Å²) in [6, 6.07) is 7.50. The first-order chi connectivity index (χ1) is 9.95. The van der Waals surface area contributed by atoms with Crippen molar-refractivity contribution in [1.82, 2.24) is 9.62 Å². The summed E-state index contributed by atoms with van der Waals surface area (Å²) < 4.78 is 27.3. The van der Waals surface area contributed by atoms with E-state index in [1.54, 1.807) is 16.4 Å². The van der Waals surface area contributed by atoms with Crippen LogP contribution < -0.4 is 5.32 Å². The van der Waals surface area contributed by atoms with Gasteiger partial charge in [0.05, 0.1) is 4.90 Å². The van der Waals surface area contributed by atoms with Crippen LogP contribution >= 0.6 is 0 Å². The first-order valence-electron chi connectivity index (χ1n) is 7.79. The Morgan fingerprint density at radius 3 is 2.43 bits per heavy atom. The van der Waals surface area contributed by atoms with E-state index in [0.717, 1.165) is 31.4 Å². The number of nitrogens with zero attached hydrogens (tertiary/aromatic N) is 1. The molecule has 5 heteroatoms. The van der Waals surface area contributed by atoms with Crippen LogP contribution in [0.1, 0.15) is 39.2 Å². The zero-order valence-electron chi connectivity index (χ0n) is 13.2. The lowest BCUT2D eigenvalue weighted by atomic mass is 10.2. The molecular weight excluding hydrogens is 284 g/mol. The lowest BCUT2D eigenvalue weighted by molar-refractivity contribution is 0.322. The molecule has 1 aromatic carbocycles. The fourth-order valence-corrected chi connectivity index (χ4v) is 4.43. The summed E-state index contributed by atoms with van der Waals surface area (Å²) in [6.45, 7) is 7.48. The highest BCUT2D eigenvalue weighted by Crippen LogP contribution is 2.21. The SMILES string of the molecule is CCc1ccc(S(=O)(=O)N(CC2CCCN2)C(C)C)cc1. The van der Waals surface area contributed by atoms with Crippen LogP contribution in [0, 0.1) is 0 Å². The van der Waals surface area contributed by atoms with Crippen molar-refractivity contribution in [3.05, 3.63) is 29.8 Å². The third-order valence-electron chi connectivity index (χ3n) is 4.08. The molecule has 21 heavy (non-hydrogen) atoms. The van der Waals surface area contributed by atoms with E-state index in [1.165, 1.54) is 0 Å². The van der Waals surface area contributed by atoms with E-state index >= 15 is 0 Å². The molecule has 0 bridgehead atoms. The molecule has 0 spiro atoms. The topological polar surface area (TPSA) is 49.4 Å². The Hall–Kier alpha value is -0.910. The molecular formula is C16H26N2O2S. The van der Waals surface area contributed by atoms with Crippen molar-refractivity contribution < 1.29 is 8.42 Å². The van der Waals surface area contributed by atoms with E-state index in [9.17, 15) is 8.42 Å². The van der Waals surface area contributed by atoms with Crippen LogP contribution in [0.4, 0.5) is 0 Å². The summed E-state index contributed by atoms with van der Waals surface area (Å²) in [5, 5.41) is 3.38. The standard InChI is InChI=1S/C16H26N2O2S/c1-4-14-7-9-16(10-8-14)21(19,20)18(13(2)3)12-15-6-5-11-17-15/h7-10,13,15,17H,4-6,11-12H2,1-3H3. The van der Waals surface area contributed by atoms with Gasteiger partial charge in [-0.3, -0.25) is 0 Å². The van der Waals surface area contributed by atoms with Crippen molar-refractivity contribution in [2.45, 2.75) is 57.0 Å². The maximum Gasteiger partial charge on any atom is 0.243 e. The second-order valence-corrected chi connectivity index (χ2v) is 7.85. The Labute approximate surface area is 128 Å². The zero-order valence-corrected chi connectivity index (χ0v) is 14.0. The first-order valence-corrected chi connectivity index (χ1v) is 9.23. The van der Waals surface area contributed by atoms with E-state index < -0.39 is 10.0 Å². The van der Waals surface area contributed by atoms with Crippen molar-refractivity contribution in [2.24, 2.45) is 0 Å². The summed E-state index contributed by atoms with van der Waals surface area (Å²) >= 11 is 0. The molecule has 1 fully saturated rings. The van der Waals surface area contributed by atoms with E-state index in [4.69, 9.17) is 0 Å². The normalized spacial score (nSPS) is 19.6. The van der Waals surface area contributed by atoms with Gasteiger partial charge in [0.1, 0.15) is 0 Å². The van der Waals surface area contributed by atoms with Crippen LogP contribution in [0.25, 0.3) is 0 Å². The number of sulfonamides is 1. The Kier molecular flexibility index (Phi) is 5.41. The molecule has 2 rings (SSSR count). The minimum absolute atomic E-state index is 0.0387. The van der Waals surface area contributed by atoms with Gasteiger partial charge >= 0.3 is 0 Å². The summed E-state index contributed by atoms with van der Waals surface area (Å²) in [5.74, 6) is 0. The van der Waals surface area contributed by atoms with Crippen LogP contribution in [0.15, 0.2) is 29.2 Å². The third-order valence-corrected chi connectivity index (χ3v) is 6.13. The van der Waals surface area contributed by atoms with Crippen LogP contribution in [-0.4, -0.2) is 37.9 Å². The van der Waals surface area contributed by atoms with Crippen molar-refractivity contribution in [3.63, 3.8) is 0 Å². The first kappa shape index (κ1) is 16.5. The number of nitrogens with one attached hydrogen (secondary N) is 1. The van der Waals surface area contributed by atoms with Gasteiger partial charge in [0, 0.05) is 18.6 Å². The molecule has 0 radical (unpaired) electrons. The molecule has 1 N–H and O–H groups in total. The average molecular weight is 310 g/mol. The smallest absolute Gasteiger partial charge is 0.243 e. The lowest BCUT2D eigenvalue weighted by Crippen LogP contribution is -2.44. The van der Waals surface area contributed by atoms with E-state index in [-0.39, 0.29) is 12.1 Å². The van der Waals surface area contributed by atoms with E-state index in [0.29, 0.717) is 11.4 Å². The summed E-state index contributed by atoms with van der Waals surface area (Å²) in [6.07, 6.45) is 3.09. The second kappa shape index (κ2) is 6.90. The monoisotopic (exact) mass is 310 g/mol. The Bertz CT molecular complexity index is 546. The Balaban J connectivity index is 2.23. The highest BCUT2D eigenvalue weighted by atomic mass is 32.2. The van der Waals surface area contributed by atoms with Crippen LogP contribution in [0.2, 0.25) is 0 Å². The molecule has 0 saturated carbocycles. The van der Waals surface area contributed by atoms with Gasteiger partial charge in [-0.1, -0.05) is 19.1 Å². The van der Waals surface area contributed by atoms with Crippen molar-refractivity contribution in [1.29, 1.82) is 0 Å². The number of benzene rings is 1. The maximum absolute atomic E-state index is 12.9. The molecule has 1 aliphatic rings. The molecule has 1 heterocycles. The second-order valence-electron chi connectivity index (χ2n) is 5.96. The molecule has 1 aliphatic heterocycles. The van der Waals surface area contributed by atoms with Crippen molar-refractivity contribution >= 4 is 10.0 Å². The zero-order chi connectivity index (χ0) is 15.5. The van der Waals surface area contributed by atoms with Gasteiger partial charge < -0.3 is 5.32 Å². The summed E-state index contributed by atoms with van der Waals surface area (Å²) in [4.78, 5) is 0.395. The molecule has 1 saturated heterocycles. The molecule has 1 unspecified atom stereocenters. The predicted octanol–water partition coefficient (Wildman–Crippen LogP) is 2.40. The minimum atomic E-state index is -3.42. The number of hydrogen-bond donors (Lipinski definition) is 1. The van der Waals surface area contributed by atoms with Gasteiger partial charge in [0.15, 0.2) is 0 Å². The fourth-order valence-electron chi connectivity index (χ4n) is 2.75. The third kappa shape index (κ3) is 3.84. The van der Waals surface area contributed by atoms with Crippen LogP contribution in [0.3, 0.4) is 0 Å². The van der Waals surface area contributed by atoms with E-state index in [1.807, 2.05) is 26.0 Å². The van der Waals surface area contributed by atoms with E-state index in [2.05, 4.69) is 12.2 Å². The Morgan fingerprint density at radius 2 is 1.95 bits per heavy atom. The largest absolute Gasteiger partial charge is 0.313 e. The molecule has 1 atom stereocenters. The predicted molar refractivity (Wildman–Crippen MR) is 85.9 cm³/mol. The average Bonchev–Trinajstić information content (AvgIpc) is 2.97. The van der Waals surface area contributed by atoms with Crippen molar-refractivity contribution in [2.75, 3.05) is 13.1 Å². The molecule has 4 nitrogen and oxygen atoms in total. The Morgan fingerprint density at radius 1 is 1.29 bits per heavy atom. The van der Waals surface area contributed by atoms with Gasteiger partial charge in [-0.05, 0) is 57.4 Å². The van der Waals surface area contributed by atoms with Crippen LogP contribution in [0.5, 0.6) is 0 Å².